The number of aliphatic hydroxyl groups is 1. The topological polar surface area (TPSA) is 122 Å². The summed E-state index contributed by atoms with van der Waals surface area (Å²) >= 11 is 0. The number of aromatic nitrogens is 4. The summed E-state index contributed by atoms with van der Waals surface area (Å²) in [5, 5.41) is 11.7. The number of hydrogen-bond donors (Lipinski definition) is 2. The molecule has 0 aliphatic carbocycles. The Morgan fingerprint density at radius 2 is 1.87 bits per heavy atom. The zero-order valence-electron chi connectivity index (χ0n) is 22.2. The van der Waals surface area contributed by atoms with Gasteiger partial charge in [-0.05, 0) is 36.8 Å². The monoisotopic (exact) mass is 532 g/mol. The van der Waals surface area contributed by atoms with E-state index < -0.39 is 17.7 Å². The number of carbonyl (C=O) groups is 2. The molecule has 202 valence electrons. The van der Waals surface area contributed by atoms with Crippen LogP contribution in [0, 0.1) is 6.92 Å². The molecule has 4 aromatic rings. The molecule has 11 heteroatoms. The average Bonchev–Trinajstić information content (AvgIpc) is 3.64. The molecule has 4 heterocycles. The highest BCUT2D eigenvalue weighted by Gasteiger charge is 2.47. The number of amides is 1. The first-order valence-corrected chi connectivity index (χ1v) is 12.4. The van der Waals surface area contributed by atoms with Gasteiger partial charge in [-0.25, -0.2) is 9.55 Å². The van der Waals surface area contributed by atoms with Gasteiger partial charge in [-0.15, -0.1) is 0 Å². The van der Waals surface area contributed by atoms with Crippen LogP contribution in [0.25, 0.3) is 11.4 Å². The second-order valence-corrected chi connectivity index (χ2v) is 9.13. The van der Waals surface area contributed by atoms with Gasteiger partial charge in [0.05, 0.1) is 45.2 Å². The number of ether oxygens (including phenoxy) is 3. The molecular weight excluding hydrogens is 502 g/mol. The average molecular weight is 533 g/mol. The number of aryl methyl sites for hydroxylation is 2. The van der Waals surface area contributed by atoms with Crippen LogP contribution in [-0.2, 0) is 16.1 Å². The minimum absolute atomic E-state index is 0.0303. The zero-order chi connectivity index (χ0) is 27.7. The molecule has 1 aliphatic heterocycles. The Hall–Kier alpha value is -4.80. The number of imidazole rings is 2. The quantitative estimate of drug-likeness (QED) is 0.147. The maximum atomic E-state index is 13.6. The fourth-order valence-corrected chi connectivity index (χ4v) is 5.13. The standard InChI is InChI=1S/C28H29N5O6/c1-17-23(32-11-6-5-8-21(32)30-17)25(34)22-24(18-14-19(37-2)27(39-4)20(15-18)38-3)33(28(36)26(22)35)12-7-10-31-13-9-29-16-31/h5-6,8-9,11,13-16,24H,7,10,12H2,1-4H3,(H,34,35)/p+1. The van der Waals surface area contributed by atoms with Crippen LogP contribution in [0.15, 0.2) is 60.8 Å². The first-order chi connectivity index (χ1) is 18.9. The highest BCUT2D eigenvalue weighted by atomic mass is 16.5. The molecule has 0 saturated carbocycles. The summed E-state index contributed by atoms with van der Waals surface area (Å²) in [6, 6.07) is 7.93. The minimum Gasteiger partial charge on any atom is -0.505 e. The maximum absolute atomic E-state index is 13.6. The second-order valence-electron chi connectivity index (χ2n) is 9.13. The van der Waals surface area contributed by atoms with Gasteiger partial charge in [-0.3, -0.25) is 19.0 Å². The van der Waals surface area contributed by atoms with Gasteiger partial charge in [0.15, 0.2) is 17.3 Å². The number of nitrogens with zero attached hydrogens (tertiary/aromatic N) is 4. The number of fused-ring (bicyclic) bond motifs is 1. The zero-order valence-corrected chi connectivity index (χ0v) is 22.2. The first kappa shape index (κ1) is 25.8. The third-order valence-corrected chi connectivity index (χ3v) is 6.89. The Kier molecular flexibility index (Phi) is 6.97. The highest BCUT2D eigenvalue weighted by Crippen LogP contribution is 2.46. The van der Waals surface area contributed by atoms with Crippen molar-refractivity contribution in [3.63, 3.8) is 0 Å². The SMILES string of the molecule is COc1cc(C2C(=C(O)c3c(C)nc4ccccn34)C(=O)C(=O)N2CCC[n+]2cc[nH]c2)cc(OC)c1OC. The van der Waals surface area contributed by atoms with E-state index in [0.29, 0.717) is 52.8 Å². The van der Waals surface area contributed by atoms with E-state index in [4.69, 9.17) is 14.2 Å². The largest absolute Gasteiger partial charge is 0.505 e. The Morgan fingerprint density at radius 3 is 2.51 bits per heavy atom. The predicted molar refractivity (Wildman–Crippen MR) is 141 cm³/mol. The van der Waals surface area contributed by atoms with Crippen LogP contribution in [0.4, 0.5) is 0 Å². The van der Waals surface area contributed by atoms with E-state index in [2.05, 4.69) is 9.97 Å². The van der Waals surface area contributed by atoms with Crippen molar-refractivity contribution in [2.24, 2.45) is 0 Å². The number of rotatable bonds is 9. The predicted octanol–water partition coefficient (Wildman–Crippen LogP) is 2.80. The van der Waals surface area contributed by atoms with Crippen molar-refractivity contribution in [1.29, 1.82) is 0 Å². The van der Waals surface area contributed by atoms with Crippen molar-refractivity contribution >= 4 is 23.1 Å². The van der Waals surface area contributed by atoms with Crippen molar-refractivity contribution in [2.75, 3.05) is 27.9 Å². The first-order valence-electron chi connectivity index (χ1n) is 12.4. The number of ketones is 1. The molecule has 2 N–H and O–H groups in total. The lowest BCUT2D eigenvalue weighted by molar-refractivity contribution is -0.695. The lowest BCUT2D eigenvalue weighted by Gasteiger charge is -2.26. The van der Waals surface area contributed by atoms with Gasteiger partial charge in [0.1, 0.15) is 23.7 Å². The number of methoxy groups -OCH3 is 3. The molecule has 1 unspecified atom stereocenters. The minimum atomic E-state index is -0.899. The molecule has 1 atom stereocenters. The van der Waals surface area contributed by atoms with E-state index in [1.54, 1.807) is 48.0 Å². The van der Waals surface area contributed by atoms with Crippen LogP contribution >= 0.6 is 0 Å². The number of H-pyrrole nitrogens is 1. The van der Waals surface area contributed by atoms with Crippen LogP contribution in [0.2, 0.25) is 0 Å². The summed E-state index contributed by atoms with van der Waals surface area (Å²) in [4.78, 5) is 36.0. The maximum Gasteiger partial charge on any atom is 0.295 e. The van der Waals surface area contributed by atoms with Crippen LogP contribution < -0.4 is 18.8 Å². The van der Waals surface area contributed by atoms with Crippen molar-refractivity contribution in [3.05, 3.63) is 77.8 Å². The summed E-state index contributed by atoms with van der Waals surface area (Å²) < 4.78 is 20.2. The van der Waals surface area contributed by atoms with Crippen molar-refractivity contribution < 1.29 is 33.5 Å². The highest BCUT2D eigenvalue weighted by molar-refractivity contribution is 6.46. The summed E-state index contributed by atoms with van der Waals surface area (Å²) in [5.74, 6) is -0.655. The van der Waals surface area contributed by atoms with E-state index in [1.807, 2.05) is 23.2 Å². The Balaban J connectivity index is 1.68. The van der Waals surface area contributed by atoms with Crippen LogP contribution in [0.1, 0.15) is 29.4 Å². The Labute approximate surface area is 224 Å². The molecule has 1 aromatic carbocycles. The summed E-state index contributed by atoms with van der Waals surface area (Å²) in [7, 11) is 4.49. The number of Topliss-reactive ketones (excluding diaryl/α,β-unsaturated/α-hetero) is 1. The van der Waals surface area contributed by atoms with Crippen molar-refractivity contribution in [2.45, 2.75) is 25.9 Å². The molecule has 3 aromatic heterocycles. The van der Waals surface area contributed by atoms with Crippen LogP contribution in [0.5, 0.6) is 17.2 Å². The van der Waals surface area contributed by atoms with Gasteiger partial charge in [-0.2, -0.15) is 0 Å². The smallest absolute Gasteiger partial charge is 0.295 e. The molecule has 1 fully saturated rings. The van der Waals surface area contributed by atoms with Crippen LogP contribution in [0.3, 0.4) is 0 Å². The van der Waals surface area contributed by atoms with E-state index in [0.717, 1.165) is 0 Å². The van der Waals surface area contributed by atoms with E-state index >= 15 is 0 Å². The van der Waals surface area contributed by atoms with Gasteiger partial charge in [0.25, 0.3) is 11.7 Å². The number of nitrogens with one attached hydrogen (secondary N) is 1. The number of hydrogen-bond acceptors (Lipinski definition) is 7. The third-order valence-electron chi connectivity index (χ3n) is 6.89. The van der Waals surface area contributed by atoms with E-state index in [9.17, 15) is 14.7 Å². The molecule has 11 nitrogen and oxygen atoms in total. The summed E-state index contributed by atoms with van der Waals surface area (Å²) in [6.07, 6.45) is 7.84. The van der Waals surface area contributed by atoms with Gasteiger partial charge in [0, 0.05) is 19.2 Å². The molecule has 5 rings (SSSR count). The van der Waals surface area contributed by atoms with Crippen molar-refractivity contribution in [3.8, 4) is 17.2 Å². The van der Waals surface area contributed by atoms with E-state index in [1.165, 1.54) is 26.2 Å². The molecule has 0 spiro atoms. The lowest BCUT2D eigenvalue weighted by atomic mass is 9.95. The number of aliphatic hydroxyl groups excluding tert-OH is 1. The second kappa shape index (κ2) is 10.5. The molecular formula is C28H30N5O6+. The molecule has 1 saturated heterocycles. The normalized spacial score (nSPS) is 16.7. The van der Waals surface area contributed by atoms with Gasteiger partial charge in [0.2, 0.25) is 12.1 Å². The van der Waals surface area contributed by atoms with Gasteiger partial charge < -0.3 is 24.2 Å². The lowest BCUT2D eigenvalue weighted by Crippen LogP contribution is -2.36. The number of pyridine rings is 1. The summed E-state index contributed by atoms with van der Waals surface area (Å²) in [5.41, 5.74) is 1.99. The van der Waals surface area contributed by atoms with Crippen LogP contribution in [-0.4, -0.2) is 63.9 Å². The van der Waals surface area contributed by atoms with Gasteiger partial charge in [-0.1, -0.05) is 6.07 Å². The number of likely N-dealkylation sites (tertiary alicyclic amines) is 1. The molecule has 1 aliphatic rings. The fraction of sp³-hybridized carbons (Fsp3) is 0.286. The fourth-order valence-electron chi connectivity index (χ4n) is 5.13. The number of benzene rings is 1. The Bertz CT molecular complexity index is 1550. The molecule has 39 heavy (non-hydrogen) atoms. The number of aromatic amines is 1. The summed E-state index contributed by atoms with van der Waals surface area (Å²) in [6.45, 7) is 2.65. The van der Waals surface area contributed by atoms with Crippen molar-refractivity contribution in [1.82, 2.24) is 19.3 Å². The molecule has 0 radical (unpaired) electrons. The molecule has 0 bridgehead atoms. The molecule has 1 amide bonds. The third kappa shape index (κ3) is 4.45. The number of carbonyl (C=O) groups excluding carboxylic acids is 2. The van der Waals surface area contributed by atoms with E-state index in [-0.39, 0.29) is 17.9 Å². The van der Waals surface area contributed by atoms with Gasteiger partial charge >= 0.3 is 0 Å². The Morgan fingerprint density at radius 1 is 1.13 bits per heavy atom.